The molecule has 1 atom stereocenters. The number of fused-ring (bicyclic) bond motifs is 1. The summed E-state index contributed by atoms with van der Waals surface area (Å²) in [6.07, 6.45) is 0.429. The van der Waals surface area contributed by atoms with Crippen LogP contribution in [0, 0.1) is 6.92 Å². The number of amides is 1. The van der Waals surface area contributed by atoms with Crippen molar-refractivity contribution in [2.24, 2.45) is 5.73 Å². The molecule has 0 aliphatic rings. The number of aryl methyl sites for hydroxylation is 1. The van der Waals surface area contributed by atoms with Crippen LogP contribution in [-0.2, 0) is 9.53 Å². The fourth-order valence-corrected chi connectivity index (χ4v) is 2.09. The van der Waals surface area contributed by atoms with E-state index < -0.39 is 18.0 Å². The second-order valence-electron chi connectivity index (χ2n) is 4.93. The van der Waals surface area contributed by atoms with Gasteiger partial charge in [-0.15, -0.1) is 0 Å². The highest BCUT2D eigenvalue weighted by molar-refractivity contribution is 6.04. The Morgan fingerprint density at radius 1 is 1.39 bits per heavy atom. The van der Waals surface area contributed by atoms with E-state index in [-0.39, 0.29) is 11.3 Å². The van der Waals surface area contributed by atoms with Crippen molar-refractivity contribution < 1.29 is 23.3 Å². The van der Waals surface area contributed by atoms with Gasteiger partial charge in [-0.2, -0.15) is 0 Å². The van der Waals surface area contributed by atoms with E-state index in [0.29, 0.717) is 22.5 Å². The lowest BCUT2D eigenvalue weighted by molar-refractivity contribution is -0.125. The average molecular weight is 315 g/mol. The Morgan fingerprint density at radius 2 is 2.17 bits per heavy atom. The monoisotopic (exact) mass is 315 g/mol. The molecule has 0 aliphatic carbocycles. The first-order valence-electron chi connectivity index (χ1n) is 6.78. The van der Waals surface area contributed by atoms with Crippen molar-refractivity contribution in [1.82, 2.24) is 10.1 Å². The normalized spacial score (nSPS) is 12.3. The molecular weight excluding hydrogens is 302 g/mol. The Morgan fingerprint density at radius 3 is 2.83 bits per heavy atom. The number of aromatic nitrogens is 2. The quantitative estimate of drug-likeness (QED) is 0.729. The molecule has 1 amide bonds. The predicted molar refractivity (Wildman–Crippen MR) is 78.3 cm³/mol. The first-order valence-corrected chi connectivity index (χ1v) is 6.78. The molecule has 2 N–H and O–H groups in total. The number of rotatable bonds is 4. The van der Waals surface area contributed by atoms with Crippen molar-refractivity contribution in [2.45, 2.75) is 20.0 Å². The number of primary amides is 1. The third-order valence-corrected chi connectivity index (χ3v) is 3.30. The highest BCUT2D eigenvalue weighted by Crippen LogP contribution is 2.27. The summed E-state index contributed by atoms with van der Waals surface area (Å²) in [5.41, 5.74) is 6.34. The van der Waals surface area contributed by atoms with E-state index in [0.717, 1.165) is 0 Å². The maximum absolute atomic E-state index is 12.4. The van der Waals surface area contributed by atoms with E-state index >= 15 is 0 Å². The maximum atomic E-state index is 12.4. The fraction of sp³-hybridized carbons (Fsp3) is 0.200. The van der Waals surface area contributed by atoms with Crippen molar-refractivity contribution in [1.29, 1.82) is 0 Å². The summed E-state index contributed by atoms with van der Waals surface area (Å²) in [5, 5.41) is 4.23. The Balaban J connectivity index is 2.12. The van der Waals surface area contributed by atoms with E-state index in [1.54, 1.807) is 19.1 Å². The van der Waals surface area contributed by atoms with Gasteiger partial charge in [0.25, 0.3) is 11.6 Å². The van der Waals surface area contributed by atoms with Gasteiger partial charge in [-0.25, -0.2) is 9.78 Å². The molecule has 0 fully saturated rings. The Kier molecular flexibility index (Phi) is 3.57. The first kappa shape index (κ1) is 14.8. The van der Waals surface area contributed by atoms with E-state index in [4.69, 9.17) is 19.4 Å². The van der Waals surface area contributed by atoms with Crippen LogP contribution in [0.4, 0.5) is 0 Å². The van der Waals surface area contributed by atoms with Gasteiger partial charge in [-0.1, -0.05) is 5.16 Å². The third-order valence-electron chi connectivity index (χ3n) is 3.30. The van der Waals surface area contributed by atoms with Crippen LogP contribution in [0.3, 0.4) is 0 Å². The highest BCUT2D eigenvalue weighted by atomic mass is 16.5. The molecule has 0 aliphatic heterocycles. The van der Waals surface area contributed by atoms with Crippen LogP contribution >= 0.6 is 0 Å². The second kappa shape index (κ2) is 5.56. The highest BCUT2D eigenvalue weighted by Gasteiger charge is 2.23. The van der Waals surface area contributed by atoms with Crippen molar-refractivity contribution in [3.8, 4) is 11.5 Å². The number of nitrogens with zero attached hydrogens (tertiary/aromatic N) is 2. The molecule has 0 bridgehead atoms. The zero-order valence-electron chi connectivity index (χ0n) is 12.4. The van der Waals surface area contributed by atoms with Crippen LogP contribution in [0.15, 0.2) is 33.4 Å². The van der Waals surface area contributed by atoms with Crippen molar-refractivity contribution in [3.05, 3.63) is 35.7 Å². The Hall–Kier alpha value is -3.16. The lowest BCUT2D eigenvalue weighted by atomic mass is 10.1. The van der Waals surface area contributed by atoms with Gasteiger partial charge in [-0.3, -0.25) is 4.79 Å². The summed E-state index contributed by atoms with van der Waals surface area (Å²) in [6, 6.07) is 4.89. The smallest absolute Gasteiger partial charge is 0.339 e. The molecule has 23 heavy (non-hydrogen) atoms. The lowest BCUT2D eigenvalue weighted by Crippen LogP contribution is -2.30. The molecule has 0 radical (unpaired) electrons. The van der Waals surface area contributed by atoms with Gasteiger partial charge in [0, 0.05) is 0 Å². The largest absolute Gasteiger partial charge is 0.463 e. The van der Waals surface area contributed by atoms with Crippen LogP contribution in [0.1, 0.15) is 23.0 Å². The molecule has 1 unspecified atom stereocenters. The molecule has 8 nitrogen and oxygen atoms in total. The Bertz CT molecular complexity index is 882. The van der Waals surface area contributed by atoms with Crippen LogP contribution in [-0.4, -0.2) is 28.1 Å². The fourth-order valence-electron chi connectivity index (χ4n) is 2.09. The number of hydrogen-bond acceptors (Lipinski definition) is 7. The Labute approximate surface area is 130 Å². The molecule has 0 spiro atoms. The number of esters is 1. The molecule has 3 heterocycles. The van der Waals surface area contributed by atoms with E-state index in [1.165, 1.54) is 19.3 Å². The standard InChI is InChI=1S/C15H13N3O5/c1-7-12-9(15(20)22-8(2)13(16)19)6-10(11-4-3-5-21-11)17-14(12)23-18-7/h3-6,8H,1-2H3,(H2,16,19). The molecule has 0 saturated carbocycles. The number of hydrogen-bond donors (Lipinski definition) is 1. The molecule has 3 aromatic rings. The summed E-state index contributed by atoms with van der Waals surface area (Å²) in [6.45, 7) is 3.07. The summed E-state index contributed by atoms with van der Waals surface area (Å²) in [4.78, 5) is 27.7. The van der Waals surface area contributed by atoms with E-state index in [2.05, 4.69) is 10.1 Å². The number of carbonyl (C=O) groups is 2. The number of nitrogens with two attached hydrogens (primary N) is 1. The third kappa shape index (κ3) is 2.66. The van der Waals surface area contributed by atoms with Crippen LogP contribution in [0.5, 0.6) is 0 Å². The SMILES string of the molecule is Cc1noc2nc(-c3ccco3)cc(C(=O)OC(C)C(N)=O)c12. The van der Waals surface area contributed by atoms with Gasteiger partial charge >= 0.3 is 5.97 Å². The van der Waals surface area contributed by atoms with Gasteiger partial charge in [0.2, 0.25) is 0 Å². The minimum Gasteiger partial charge on any atom is -0.463 e. The molecule has 3 rings (SSSR count). The number of carbonyl (C=O) groups excluding carboxylic acids is 2. The van der Waals surface area contributed by atoms with Crippen molar-refractivity contribution in [2.75, 3.05) is 0 Å². The minimum absolute atomic E-state index is 0.174. The molecule has 0 aromatic carbocycles. The summed E-state index contributed by atoms with van der Waals surface area (Å²) in [5.74, 6) is -1.00. The topological polar surface area (TPSA) is 121 Å². The zero-order chi connectivity index (χ0) is 16.6. The molecule has 3 aromatic heterocycles. The van der Waals surface area contributed by atoms with Crippen molar-refractivity contribution in [3.63, 3.8) is 0 Å². The van der Waals surface area contributed by atoms with E-state index in [9.17, 15) is 9.59 Å². The average Bonchev–Trinajstić information content (AvgIpc) is 3.16. The molecule has 0 saturated heterocycles. The lowest BCUT2D eigenvalue weighted by Gasteiger charge is -2.10. The zero-order valence-corrected chi connectivity index (χ0v) is 12.4. The summed E-state index contributed by atoms with van der Waals surface area (Å²) in [7, 11) is 0. The summed E-state index contributed by atoms with van der Waals surface area (Å²) >= 11 is 0. The molecule has 118 valence electrons. The van der Waals surface area contributed by atoms with Gasteiger partial charge in [-0.05, 0) is 32.0 Å². The first-order chi connectivity index (χ1) is 11.0. The number of ether oxygens (including phenoxy) is 1. The molecular formula is C15H13N3O5. The summed E-state index contributed by atoms with van der Waals surface area (Å²) < 4.78 is 15.5. The van der Waals surface area contributed by atoms with Gasteiger partial charge in [0.05, 0.1) is 22.9 Å². The van der Waals surface area contributed by atoms with Gasteiger partial charge < -0.3 is 19.4 Å². The number of furan rings is 1. The molecule has 8 heteroatoms. The minimum atomic E-state index is -1.06. The van der Waals surface area contributed by atoms with E-state index in [1.807, 2.05) is 0 Å². The van der Waals surface area contributed by atoms with Crippen LogP contribution < -0.4 is 5.73 Å². The predicted octanol–water partition coefficient (Wildman–Crippen LogP) is 1.82. The van der Waals surface area contributed by atoms with Crippen LogP contribution in [0.2, 0.25) is 0 Å². The van der Waals surface area contributed by atoms with Gasteiger partial charge in [0.15, 0.2) is 11.9 Å². The second-order valence-corrected chi connectivity index (χ2v) is 4.93. The van der Waals surface area contributed by atoms with Crippen molar-refractivity contribution >= 4 is 23.0 Å². The van der Waals surface area contributed by atoms with Gasteiger partial charge in [0.1, 0.15) is 5.69 Å². The number of pyridine rings is 1. The van der Waals surface area contributed by atoms with Crippen LogP contribution in [0.25, 0.3) is 22.6 Å². The maximum Gasteiger partial charge on any atom is 0.339 e.